The number of nitrogens with zero attached hydrogens (tertiary/aromatic N) is 7. The van der Waals surface area contributed by atoms with Crippen LogP contribution in [0.2, 0.25) is 0 Å². The Morgan fingerprint density at radius 3 is 2.57 bits per heavy atom. The molecule has 0 saturated carbocycles. The number of anilines is 1. The summed E-state index contributed by atoms with van der Waals surface area (Å²) in [6.45, 7) is 2.57. The molecule has 8 nitrogen and oxygen atoms in total. The highest BCUT2D eigenvalue weighted by molar-refractivity contribution is 5.26. The fourth-order valence-electron chi connectivity index (χ4n) is 2.96. The molecule has 0 aromatic carbocycles. The Hall–Kier alpha value is -2.06. The maximum absolute atomic E-state index is 5.65. The summed E-state index contributed by atoms with van der Waals surface area (Å²) < 4.78 is 7.38. The Bertz CT molecular complexity index is 640. The third-order valence-electron chi connectivity index (χ3n) is 4.14. The van der Waals surface area contributed by atoms with Gasteiger partial charge in [-0.3, -0.25) is 9.58 Å². The molecule has 2 aromatic heterocycles. The molecular weight excluding hydrogens is 294 g/mol. The molecule has 2 aromatic rings. The molecule has 0 bridgehead atoms. The van der Waals surface area contributed by atoms with Crippen LogP contribution in [0.25, 0.3) is 0 Å². The van der Waals surface area contributed by atoms with E-state index in [9.17, 15) is 0 Å². The number of ether oxygens (including phenoxy) is 1. The highest BCUT2D eigenvalue weighted by atomic mass is 16.5. The van der Waals surface area contributed by atoms with Crippen LogP contribution in [-0.4, -0.2) is 70.3 Å². The third kappa shape index (κ3) is 3.48. The van der Waals surface area contributed by atoms with E-state index in [1.165, 1.54) is 0 Å². The van der Waals surface area contributed by atoms with E-state index in [2.05, 4.69) is 25.2 Å². The van der Waals surface area contributed by atoms with Crippen LogP contribution in [0.5, 0.6) is 0 Å². The monoisotopic (exact) mass is 317 g/mol. The number of methoxy groups -OCH3 is 1. The van der Waals surface area contributed by atoms with Crippen molar-refractivity contribution in [3.05, 3.63) is 29.8 Å². The lowest BCUT2D eigenvalue weighted by Gasteiger charge is -2.15. The van der Waals surface area contributed by atoms with Crippen LogP contribution in [0.15, 0.2) is 18.6 Å². The van der Waals surface area contributed by atoms with Crippen LogP contribution in [0.4, 0.5) is 5.95 Å². The van der Waals surface area contributed by atoms with E-state index in [-0.39, 0.29) is 12.0 Å². The van der Waals surface area contributed by atoms with Crippen molar-refractivity contribution in [2.75, 3.05) is 39.2 Å². The van der Waals surface area contributed by atoms with E-state index in [0.717, 1.165) is 36.8 Å². The van der Waals surface area contributed by atoms with E-state index in [1.54, 1.807) is 11.8 Å². The summed E-state index contributed by atoms with van der Waals surface area (Å²) in [5.41, 5.74) is 2.09. The second kappa shape index (κ2) is 6.59. The standard InChI is InChI=1S/C15H23N7O/c1-20(2)15-16-5-11(6-17-15)7-22-8-12(14(10-22)23-4)13-9-21(3)19-18-13/h5-6,9,12,14H,7-8,10H2,1-4H3/t12-,14+/m0/s1. The Kier molecular flexibility index (Phi) is 4.53. The largest absolute Gasteiger partial charge is 0.379 e. The van der Waals surface area contributed by atoms with Gasteiger partial charge >= 0.3 is 0 Å². The minimum atomic E-state index is 0.133. The van der Waals surface area contributed by atoms with Gasteiger partial charge in [-0.1, -0.05) is 5.21 Å². The van der Waals surface area contributed by atoms with Gasteiger partial charge in [0.25, 0.3) is 0 Å². The fraction of sp³-hybridized carbons (Fsp3) is 0.600. The molecule has 23 heavy (non-hydrogen) atoms. The van der Waals surface area contributed by atoms with Gasteiger partial charge < -0.3 is 9.64 Å². The quantitative estimate of drug-likeness (QED) is 0.784. The van der Waals surface area contributed by atoms with E-state index in [0.29, 0.717) is 0 Å². The minimum Gasteiger partial charge on any atom is -0.379 e. The Balaban J connectivity index is 1.67. The maximum Gasteiger partial charge on any atom is 0.224 e. The highest BCUT2D eigenvalue weighted by Crippen LogP contribution is 2.29. The lowest BCUT2D eigenvalue weighted by molar-refractivity contribution is 0.0957. The zero-order valence-electron chi connectivity index (χ0n) is 14.0. The second-order valence-electron chi connectivity index (χ2n) is 6.18. The number of hydrogen-bond donors (Lipinski definition) is 0. The van der Waals surface area contributed by atoms with E-state index >= 15 is 0 Å². The van der Waals surface area contributed by atoms with Crippen molar-refractivity contribution in [3.8, 4) is 0 Å². The summed E-state index contributed by atoms with van der Waals surface area (Å²) in [5, 5.41) is 8.28. The summed E-state index contributed by atoms with van der Waals surface area (Å²) in [4.78, 5) is 13.0. The zero-order chi connectivity index (χ0) is 16.4. The molecule has 2 atom stereocenters. The molecule has 0 spiro atoms. The number of likely N-dealkylation sites (tertiary alicyclic amines) is 1. The first-order chi connectivity index (χ1) is 11.1. The molecule has 0 radical (unpaired) electrons. The highest BCUT2D eigenvalue weighted by Gasteiger charge is 2.35. The summed E-state index contributed by atoms with van der Waals surface area (Å²) in [6, 6.07) is 0. The van der Waals surface area contributed by atoms with Gasteiger partial charge in [0.15, 0.2) is 0 Å². The average Bonchev–Trinajstić information content (AvgIpc) is 3.13. The van der Waals surface area contributed by atoms with Crippen LogP contribution in [0, 0.1) is 0 Å². The third-order valence-corrected chi connectivity index (χ3v) is 4.14. The Morgan fingerprint density at radius 2 is 2.00 bits per heavy atom. The van der Waals surface area contributed by atoms with Gasteiger partial charge in [0.05, 0.1) is 11.8 Å². The van der Waals surface area contributed by atoms with E-state index in [1.807, 2.05) is 44.6 Å². The van der Waals surface area contributed by atoms with Crippen LogP contribution < -0.4 is 4.90 Å². The molecule has 124 valence electrons. The molecule has 1 aliphatic rings. The van der Waals surface area contributed by atoms with Gasteiger partial charge in [-0.2, -0.15) is 0 Å². The Labute approximate surface area is 136 Å². The molecule has 1 saturated heterocycles. The van der Waals surface area contributed by atoms with Gasteiger partial charge in [-0.05, 0) is 0 Å². The SMILES string of the molecule is CO[C@@H]1CN(Cc2cnc(N(C)C)nc2)C[C@H]1c1cn(C)nn1. The van der Waals surface area contributed by atoms with Crippen LogP contribution in [0.3, 0.4) is 0 Å². The first-order valence-corrected chi connectivity index (χ1v) is 7.66. The molecule has 0 aliphatic carbocycles. The van der Waals surface area contributed by atoms with E-state index < -0.39 is 0 Å². The Morgan fingerprint density at radius 1 is 1.26 bits per heavy atom. The van der Waals surface area contributed by atoms with E-state index in [4.69, 9.17) is 4.74 Å². The molecular formula is C15H23N7O. The van der Waals surface area contributed by atoms with Gasteiger partial charge in [-0.15, -0.1) is 5.10 Å². The van der Waals surface area contributed by atoms with Crippen molar-refractivity contribution in [1.29, 1.82) is 0 Å². The number of hydrogen-bond acceptors (Lipinski definition) is 7. The van der Waals surface area contributed by atoms with Crippen molar-refractivity contribution in [1.82, 2.24) is 29.9 Å². The number of aryl methyl sites for hydroxylation is 1. The smallest absolute Gasteiger partial charge is 0.224 e. The predicted molar refractivity (Wildman–Crippen MR) is 86.2 cm³/mol. The van der Waals surface area contributed by atoms with Gasteiger partial charge in [0.2, 0.25) is 5.95 Å². The molecule has 1 aliphatic heterocycles. The molecule has 0 unspecified atom stereocenters. The molecule has 0 N–H and O–H groups in total. The van der Waals surface area contributed by atoms with Gasteiger partial charge in [-0.25, -0.2) is 9.97 Å². The maximum atomic E-state index is 5.65. The van der Waals surface area contributed by atoms with Crippen LogP contribution in [0.1, 0.15) is 17.2 Å². The van der Waals surface area contributed by atoms with Gasteiger partial charge in [0, 0.05) is 78.0 Å². The fourth-order valence-corrected chi connectivity index (χ4v) is 2.96. The topological polar surface area (TPSA) is 72.2 Å². The lowest BCUT2D eigenvalue weighted by Crippen LogP contribution is -2.23. The van der Waals surface area contributed by atoms with Crippen LogP contribution >= 0.6 is 0 Å². The summed E-state index contributed by atoms with van der Waals surface area (Å²) in [6.07, 6.45) is 5.88. The molecule has 3 heterocycles. The summed E-state index contributed by atoms with van der Waals surface area (Å²) in [7, 11) is 7.51. The van der Waals surface area contributed by atoms with Gasteiger partial charge in [0.1, 0.15) is 0 Å². The van der Waals surface area contributed by atoms with Crippen molar-refractivity contribution in [2.24, 2.45) is 7.05 Å². The molecule has 3 rings (SSSR count). The first kappa shape index (κ1) is 15.8. The van der Waals surface area contributed by atoms with Crippen molar-refractivity contribution in [3.63, 3.8) is 0 Å². The van der Waals surface area contributed by atoms with Crippen LogP contribution in [-0.2, 0) is 18.3 Å². The average molecular weight is 317 g/mol. The second-order valence-corrected chi connectivity index (χ2v) is 6.18. The predicted octanol–water partition coefficient (Wildman–Crippen LogP) is 0.286. The number of aromatic nitrogens is 5. The summed E-state index contributed by atoms with van der Waals surface area (Å²) >= 11 is 0. The zero-order valence-corrected chi connectivity index (χ0v) is 14.0. The normalized spacial score (nSPS) is 21.7. The van der Waals surface area contributed by atoms with Crippen molar-refractivity contribution >= 4 is 5.95 Å². The van der Waals surface area contributed by atoms with Crippen molar-refractivity contribution < 1.29 is 4.74 Å². The number of rotatable bonds is 5. The van der Waals surface area contributed by atoms with Crippen molar-refractivity contribution in [2.45, 2.75) is 18.6 Å². The molecule has 1 fully saturated rings. The first-order valence-electron chi connectivity index (χ1n) is 7.66. The lowest BCUT2D eigenvalue weighted by atomic mass is 10.0. The molecule has 0 amide bonds. The minimum absolute atomic E-state index is 0.133. The molecule has 8 heteroatoms. The summed E-state index contributed by atoms with van der Waals surface area (Å²) in [5.74, 6) is 0.970.